The summed E-state index contributed by atoms with van der Waals surface area (Å²) in [5, 5.41) is 12.3. The van der Waals surface area contributed by atoms with Crippen molar-refractivity contribution in [3.05, 3.63) is 59.7 Å². The minimum absolute atomic E-state index is 0.0296. The van der Waals surface area contributed by atoms with Crippen molar-refractivity contribution in [2.24, 2.45) is 0 Å². The van der Waals surface area contributed by atoms with E-state index in [1.54, 1.807) is 30.3 Å². The van der Waals surface area contributed by atoms with E-state index in [0.29, 0.717) is 12.1 Å². The molecule has 2 nitrogen and oxygen atoms in total. The van der Waals surface area contributed by atoms with E-state index in [1.165, 1.54) is 6.07 Å². The maximum absolute atomic E-state index is 12.6. The largest absolute Gasteiger partial charge is 0.508 e. The minimum Gasteiger partial charge on any atom is -0.508 e. The predicted molar refractivity (Wildman–Crippen MR) is 76.3 cm³/mol. The molecule has 0 radical (unpaired) electrons. The lowest BCUT2D eigenvalue weighted by molar-refractivity contribution is -0.137. The molecule has 1 unspecified atom stereocenters. The van der Waals surface area contributed by atoms with Gasteiger partial charge in [0, 0.05) is 11.7 Å². The normalized spacial score (nSPS) is 13.0. The maximum Gasteiger partial charge on any atom is 0.416 e. The van der Waals surface area contributed by atoms with Crippen LogP contribution >= 0.6 is 0 Å². The lowest BCUT2D eigenvalue weighted by Gasteiger charge is -2.17. The first-order chi connectivity index (χ1) is 9.84. The number of hydrogen-bond donors (Lipinski definition) is 2. The summed E-state index contributed by atoms with van der Waals surface area (Å²) in [6.45, 7) is 1.90. The molecule has 0 aliphatic carbocycles. The molecule has 2 aromatic carbocycles. The second-order valence-corrected chi connectivity index (χ2v) is 4.99. The number of halogens is 3. The first-order valence-electron chi connectivity index (χ1n) is 6.56. The number of aromatic hydroxyl groups is 1. The highest BCUT2D eigenvalue weighted by atomic mass is 19.4. The summed E-state index contributed by atoms with van der Waals surface area (Å²) in [4.78, 5) is 0. The Balaban J connectivity index is 2.02. The van der Waals surface area contributed by atoms with E-state index in [9.17, 15) is 18.3 Å². The molecular formula is C16H16F3NO. The summed E-state index contributed by atoms with van der Waals surface area (Å²) in [7, 11) is 0. The molecule has 0 saturated carbocycles. The quantitative estimate of drug-likeness (QED) is 0.873. The fraction of sp³-hybridized carbons (Fsp3) is 0.250. The van der Waals surface area contributed by atoms with Crippen LogP contribution in [0.15, 0.2) is 48.5 Å². The van der Waals surface area contributed by atoms with Crippen molar-refractivity contribution in [1.82, 2.24) is 0 Å². The fourth-order valence-corrected chi connectivity index (χ4v) is 2.11. The molecule has 5 heteroatoms. The van der Waals surface area contributed by atoms with Gasteiger partial charge in [-0.3, -0.25) is 0 Å². The third kappa shape index (κ3) is 4.41. The molecule has 0 fully saturated rings. The van der Waals surface area contributed by atoms with Gasteiger partial charge in [0.05, 0.1) is 5.56 Å². The Bertz CT molecular complexity index is 593. The zero-order valence-electron chi connectivity index (χ0n) is 11.5. The number of nitrogens with one attached hydrogen (secondary N) is 1. The van der Waals surface area contributed by atoms with Crippen LogP contribution in [0, 0.1) is 0 Å². The molecule has 2 N–H and O–H groups in total. The average Bonchev–Trinajstić information content (AvgIpc) is 2.41. The highest BCUT2D eigenvalue weighted by Crippen LogP contribution is 2.30. The molecule has 1 atom stereocenters. The minimum atomic E-state index is -4.34. The zero-order valence-corrected chi connectivity index (χ0v) is 11.5. The van der Waals surface area contributed by atoms with E-state index < -0.39 is 11.7 Å². The highest BCUT2D eigenvalue weighted by Gasteiger charge is 2.30. The van der Waals surface area contributed by atoms with Crippen molar-refractivity contribution in [1.29, 1.82) is 0 Å². The molecule has 21 heavy (non-hydrogen) atoms. The summed E-state index contributed by atoms with van der Waals surface area (Å²) in [5.41, 5.74) is 0.778. The Morgan fingerprint density at radius 2 is 1.76 bits per heavy atom. The van der Waals surface area contributed by atoms with Gasteiger partial charge in [0.25, 0.3) is 0 Å². The van der Waals surface area contributed by atoms with Crippen LogP contribution in [0.5, 0.6) is 5.75 Å². The van der Waals surface area contributed by atoms with Crippen molar-refractivity contribution in [3.63, 3.8) is 0 Å². The van der Waals surface area contributed by atoms with Crippen molar-refractivity contribution in [3.8, 4) is 5.75 Å². The summed E-state index contributed by atoms with van der Waals surface area (Å²) in [6.07, 6.45) is -3.69. The van der Waals surface area contributed by atoms with Gasteiger partial charge in [-0.05, 0) is 49.2 Å². The van der Waals surface area contributed by atoms with Crippen molar-refractivity contribution >= 4 is 5.69 Å². The monoisotopic (exact) mass is 295 g/mol. The van der Waals surface area contributed by atoms with Crippen LogP contribution in [0.4, 0.5) is 18.9 Å². The number of anilines is 1. The standard InChI is InChI=1S/C16H16F3NO/c1-11(9-12-5-7-15(21)8-6-12)20-14-4-2-3-13(10-14)16(17,18)19/h2-8,10-11,20-21H,9H2,1H3. The van der Waals surface area contributed by atoms with Gasteiger partial charge in [0.1, 0.15) is 5.75 Å². The van der Waals surface area contributed by atoms with Crippen LogP contribution < -0.4 is 5.32 Å². The topological polar surface area (TPSA) is 32.3 Å². The number of benzene rings is 2. The number of phenolic OH excluding ortho intramolecular Hbond substituents is 1. The molecule has 112 valence electrons. The van der Waals surface area contributed by atoms with Crippen LogP contribution in [-0.2, 0) is 12.6 Å². The van der Waals surface area contributed by atoms with Gasteiger partial charge in [-0.25, -0.2) is 0 Å². The molecule has 0 aliphatic heterocycles. The van der Waals surface area contributed by atoms with Gasteiger partial charge < -0.3 is 10.4 Å². The van der Waals surface area contributed by atoms with E-state index in [1.807, 2.05) is 6.92 Å². The van der Waals surface area contributed by atoms with E-state index in [4.69, 9.17) is 0 Å². The third-order valence-electron chi connectivity index (χ3n) is 3.08. The number of phenols is 1. The first-order valence-corrected chi connectivity index (χ1v) is 6.56. The predicted octanol–water partition coefficient (Wildman–Crippen LogP) is 4.45. The van der Waals surface area contributed by atoms with Crippen LogP contribution in [0.25, 0.3) is 0 Å². The van der Waals surface area contributed by atoms with E-state index in [-0.39, 0.29) is 11.8 Å². The van der Waals surface area contributed by atoms with Gasteiger partial charge in [-0.1, -0.05) is 18.2 Å². The van der Waals surface area contributed by atoms with Crippen LogP contribution in [0.3, 0.4) is 0 Å². The molecule has 0 saturated heterocycles. The SMILES string of the molecule is CC(Cc1ccc(O)cc1)Nc1cccc(C(F)(F)F)c1. The van der Waals surface area contributed by atoms with Crippen LogP contribution in [0.2, 0.25) is 0 Å². The van der Waals surface area contributed by atoms with Gasteiger partial charge in [0.2, 0.25) is 0 Å². The first kappa shape index (κ1) is 15.2. The Hall–Kier alpha value is -2.17. The number of rotatable bonds is 4. The summed E-state index contributed by atoms with van der Waals surface area (Å²) >= 11 is 0. The van der Waals surface area contributed by atoms with Crippen molar-refractivity contribution in [2.45, 2.75) is 25.6 Å². The summed E-state index contributed by atoms with van der Waals surface area (Å²) in [5.74, 6) is 0.192. The van der Waals surface area contributed by atoms with E-state index >= 15 is 0 Å². The Morgan fingerprint density at radius 1 is 1.10 bits per heavy atom. The van der Waals surface area contributed by atoms with Crippen LogP contribution in [0.1, 0.15) is 18.1 Å². The molecule has 2 rings (SSSR count). The second kappa shape index (κ2) is 6.08. The third-order valence-corrected chi connectivity index (χ3v) is 3.08. The lowest BCUT2D eigenvalue weighted by Crippen LogP contribution is -2.18. The Labute approximate surface area is 121 Å². The van der Waals surface area contributed by atoms with Crippen molar-refractivity contribution in [2.75, 3.05) is 5.32 Å². The van der Waals surface area contributed by atoms with E-state index in [2.05, 4.69) is 5.32 Å². The molecule has 0 aliphatic rings. The van der Waals surface area contributed by atoms with Crippen LogP contribution in [-0.4, -0.2) is 11.1 Å². The van der Waals surface area contributed by atoms with E-state index in [0.717, 1.165) is 17.7 Å². The molecule has 0 bridgehead atoms. The maximum atomic E-state index is 12.6. The number of hydrogen-bond acceptors (Lipinski definition) is 2. The van der Waals surface area contributed by atoms with Gasteiger partial charge in [-0.2, -0.15) is 13.2 Å². The zero-order chi connectivity index (χ0) is 15.5. The Morgan fingerprint density at radius 3 is 2.38 bits per heavy atom. The second-order valence-electron chi connectivity index (χ2n) is 4.99. The van der Waals surface area contributed by atoms with Gasteiger partial charge in [0.15, 0.2) is 0 Å². The molecule has 0 spiro atoms. The number of alkyl halides is 3. The average molecular weight is 295 g/mol. The smallest absolute Gasteiger partial charge is 0.416 e. The molecule has 0 aromatic heterocycles. The molecular weight excluding hydrogens is 279 g/mol. The summed E-state index contributed by atoms with van der Waals surface area (Å²) in [6, 6.07) is 11.9. The Kier molecular flexibility index (Phi) is 4.40. The summed E-state index contributed by atoms with van der Waals surface area (Å²) < 4.78 is 37.9. The highest BCUT2D eigenvalue weighted by molar-refractivity contribution is 5.47. The van der Waals surface area contributed by atoms with Crippen molar-refractivity contribution < 1.29 is 18.3 Å². The molecule has 0 heterocycles. The molecule has 0 amide bonds. The van der Waals surface area contributed by atoms with Gasteiger partial charge >= 0.3 is 6.18 Å². The molecule has 2 aromatic rings. The fourth-order valence-electron chi connectivity index (χ4n) is 2.11. The lowest BCUT2D eigenvalue weighted by atomic mass is 10.1. The van der Waals surface area contributed by atoms with Gasteiger partial charge in [-0.15, -0.1) is 0 Å².